The van der Waals surface area contributed by atoms with Crippen molar-refractivity contribution >= 4 is 18.1 Å². The van der Waals surface area contributed by atoms with Crippen LogP contribution in [-0.4, -0.2) is 43.0 Å². The van der Waals surface area contributed by atoms with Crippen molar-refractivity contribution in [1.82, 2.24) is 0 Å². The average Bonchev–Trinajstić information content (AvgIpc) is 2.98. The zero-order valence-corrected chi connectivity index (χ0v) is 11.3. The van der Waals surface area contributed by atoms with Crippen LogP contribution in [0.25, 0.3) is 0 Å². The van der Waals surface area contributed by atoms with Crippen LogP contribution in [-0.2, 0) is 23.7 Å². The minimum Gasteiger partial charge on any atom is -0.458 e. The molecule has 3 fully saturated rings. The van der Waals surface area contributed by atoms with Gasteiger partial charge in [0, 0.05) is 0 Å². The molecule has 0 radical (unpaired) electrons. The third kappa shape index (κ3) is 1.85. The molecule has 1 aliphatic carbocycles. The number of hydrogen-bond donors (Lipinski definition) is 0. The molecular weight excluding hydrogens is 292 g/mol. The molecule has 114 valence electrons. The van der Waals surface area contributed by atoms with E-state index in [9.17, 15) is 14.4 Å². The Morgan fingerprint density at radius 3 is 2.55 bits per heavy atom. The molecule has 7 nitrogen and oxygen atoms in total. The Morgan fingerprint density at radius 2 is 1.77 bits per heavy atom. The van der Waals surface area contributed by atoms with Crippen LogP contribution in [0.4, 0.5) is 4.79 Å². The van der Waals surface area contributed by atoms with E-state index in [1.807, 2.05) is 0 Å². The number of benzene rings is 1. The SMILES string of the molecule is O=C1O[C@@H]2[C@H](O1)[C@@H]1[C@H]2C(=O)O[C@@H]1COC(=O)c1ccccc1. The van der Waals surface area contributed by atoms with Crippen LogP contribution in [0.15, 0.2) is 30.3 Å². The number of fused-ring (bicyclic) bond motifs is 4. The molecular formula is C15H12O7. The topological polar surface area (TPSA) is 88.1 Å². The van der Waals surface area contributed by atoms with Gasteiger partial charge in [0.25, 0.3) is 0 Å². The highest BCUT2D eigenvalue weighted by Crippen LogP contribution is 2.50. The molecule has 4 rings (SSSR count). The number of hydrogen-bond acceptors (Lipinski definition) is 7. The maximum Gasteiger partial charge on any atom is 0.509 e. The summed E-state index contributed by atoms with van der Waals surface area (Å²) in [7, 11) is 0. The third-order valence-electron chi connectivity index (χ3n) is 4.29. The summed E-state index contributed by atoms with van der Waals surface area (Å²) in [5.41, 5.74) is 0.422. The van der Waals surface area contributed by atoms with Gasteiger partial charge in [-0.25, -0.2) is 9.59 Å². The smallest absolute Gasteiger partial charge is 0.458 e. The Balaban J connectivity index is 1.41. The highest BCUT2D eigenvalue weighted by Gasteiger charge is 2.70. The predicted octanol–water partition coefficient (Wildman–Crippen LogP) is 0.919. The van der Waals surface area contributed by atoms with Crippen molar-refractivity contribution in [2.75, 3.05) is 6.61 Å². The van der Waals surface area contributed by atoms with Crippen molar-refractivity contribution in [3.8, 4) is 0 Å². The Hall–Kier alpha value is -2.57. The molecule has 0 aromatic heterocycles. The summed E-state index contributed by atoms with van der Waals surface area (Å²) in [5, 5.41) is 0. The van der Waals surface area contributed by atoms with Gasteiger partial charge in [-0.05, 0) is 12.1 Å². The van der Waals surface area contributed by atoms with Crippen molar-refractivity contribution in [3.63, 3.8) is 0 Å². The molecule has 0 spiro atoms. The second kappa shape index (κ2) is 4.72. The number of ether oxygens (including phenoxy) is 4. The average molecular weight is 304 g/mol. The minimum atomic E-state index is -0.766. The van der Waals surface area contributed by atoms with Gasteiger partial charge in [-0.15, -0.1) is 0 Å². The van der Waals surface area contributed by atoms with Gasteiger partial charge in [-0.1, -0.05) is 18.2 Å². The van der Waals surface area contributed by atoms with Crippen LogP contribution < -0.4 is 0 Å². The van der Waals surface area contributed by atoms with Gasteiger partial charge in [0.15, 0.2) is 12.2 Å². The summed E-state index contributed by atoms with van der Waals surface area (Å²) in [5.74, 6) is -1.76. The van der Waals surface area contributed by atoms with Crippen molar-refractivity contribution in [2.24, 2.45) is 11.8 Å². The number of carbonyl (C=O) groups excluding carboxylic acids is 3. The first-order valence-corrected chi connectivity index (χ1v) is 6.95. The Labute approximate surface area is 125 Å². The van der Waals surface area contributed by atoms with E-state index in [0.717, 1.165) is 0 Å². The molecule has 2 saturated heterocycles. The highest BCUT2D eigenvalue weighted by molar-refractivity contribution is 5.89. The van der Waals surface area contributed by atoms with E-state index >= 15 is 0 Å². The minimum absolute atomic E-state index is 0.0681. The van der Waals surface area contributed by atoms with Crippen molar-refractivity contribution in [3.05, 3.63) is 35.9 Å². The van der Waals surface area contributed by atoms with Crippen LogP contribution in [0, 0.1) is 11.8 Å². The lowest BCUT2D eigenvalue weighted by atomic mass is 9.67. The lowest BCUT2D eigenvalue weighted by molar-refractivity contribution is -0.149. The molecule has 0 unspecified atom stereocenters. The molecule has 0 N–H and O–H groups in total. The van der Waals surface area contributed by atoms with Gasteiger partial charge in [0.2, 0.25) is 0 Å². The lowest BCUT2D eigenvalue weighted by Crippen LogP contribution is -2.56. The first-order valence-electron chi connectivity index (χ1n) is 6.95. The number of esters is 2. The molecule has 0 bridgehead atoms. The van der Waals surface area contributed by atoms with Crippen molar-refractivity contribution in [1.29, 1.82) is 0 Å². The normalized spacial score (nSPS) is 34.6. The summed E-state index contributed by atoms with van der Waals surface area (Å²) in [6.07, 6.45) is -2.44. The number of carbonyl (C=O) groups is 3. The van der Waals surface area contributed by atoms with E-state index < -0.39 is 42.3 Å². The van der Waals surface area contributed by atoms with Gasteiger partial charge < -0.3 is 18.9 Å². The first-order chi connectivity index (χ1) is 10.6. The summed E-state index contributed by atoms with van der Waals surface area (Å²) in [4.78, 5) is 34.8. The van der Waals surface area contributed by atoms with E-state index in [1.165, 1.54) is 0 Å². The van der Waals surface area contributed by atoms with E-state index in [2.05, 4.69) is 0 Å². The third-order valence-corrected chi connectivity index (χ3v) is 4.29. The molecule has 2 heterocycles. The molecule has 1 aromatic carbocycles. The van der Waals surface area contributed by atoms with E-state index in [-0.39, 0.29) is 12.5 Å². The van der Waals surface area contributed by atoms with Crippen LogP contribution in [0.2, 0.25) is 0 Å². The molecule has 0 amide bonds. The Morgan fingerprint density at radius 1 is 1.05 bits per heavy atom. The zero-order valence-electron chi connectivity index (χ0n) is 11.3. The van der Waals surface area contributed by atoms with Crippen LogP contribution in [0.3, 0.4) is 0 Å². The van der Waals surface area contributed by atoms with Gasteiger partial charge in [0.1, 0.15) is 18.6 Å². The lowest BCUT2D eigenvalue weighted by Gasteiger charge is -2.37. The van der Waals surface area contributed by atoms with Gasteiger partial charge >= 0.3 is 18.1 Å². The second-order valence-corrected chi connectivity index (χ2v) is 5.46. The quantitative estimate of drug-likeness (QED) is 0.606. The molecule has 7 heteroatoms. The standard InChI is InChI=1S/C15H12O7/c16-13(7-4-2-1-3-5-7)19-6-8-9-10(14(17)20-8)12-11(9)21-15(18)22-12/h1-5,8-12H,6H2/t8-,9+,10-,11-,12+/m1/s1. The fourth-order valence-electron chi connectivity index (χ4n) is 3.24. The van der Waals surface area contributed by atoms with E-state index in [4.69, 9.17) is 18.9 Å². The maximum absolute atomic E-state index is 11.9. The van der Waals surface area contributed by atoms with E-state index in [1.54, 1.807) is 30.3 Å². The fraction of sp³-hybridized carbons (Fsp3) is 0.400. The number of rotatable bonds is 3. The van der Waals surface area contributed by atoms with Crippen LogP contribution in [0.5, 0.6) is 0 Å². The van der Waals surface area contributed by atoms with Crippen molar-refractivity contribution < 1.29 is 33.3 Å². The zero-order chi connectivity index (χ0) is 15.3. The largest absolute Gasteiger partial charge is 0.509 e. The fourth-order valence-corrected chi connectivity index (χ4v) is 3.24. The van der Waals surface area contributed by atoms with Gasteiger partial charge in [0.05, 0.1) is 11.5 Å². The number of cyclic esters (lactones) is 1. The summed E-state index contributed by atoms with van der Waals surface area (Å²) >= 11 is 0. The highest BCUT2D eigenvalue weighted by atomic mass is 16.8. The predicted molar refractivity (Wildman–Crippen MR) is 68.7 cm³/mol. The summed E-state index contributed by atoms with van der Waals surface area (Å²) in [6, 6.07) is 8.53. The van der Waals surface area contributed by atoms with Crippen molar-refractivity contribution in [2.45, 2.75) is 18.3 Å². The van der Waals surface area contributed by atoms with Crippen LogP contribution >= 0.6 is 0 Å². The summed E-state index contributed by atoms with van der Waals surface area (Å²) in [6.45, 7) is -0.0681. The second-order valence-electron chi connectivity index (χ2n) is 5.46. The Bertz CT molecular complexity index is 641. The molecule has 2 aliphatic heterocycles. The van der Waals surface area contributed by atoms with E-state index in [0.29, 0.717) is 5.56 Å². The monoisotopic (exact) mass is 304 g/mol. The molecule has 22 heavy (non-hydrogen) atoms. The molecule has 1 aromatic rings. The van der Waals surface area contributed by atoms with Gasteiger partial charge in [-0.3, -0.25) is 4.79 Å². The van der Waals surface area contributed by atoms with Gasteiger partial charge in [-0.2, -0.15) is 0 Å². The maximum atomic E-state index is 11.9. The molecule has 3 aliphatic rings. The van der Waals surface area contributed by atoms with Crippen LogP contribution in [0.1, 0.15) is 10.4 Å². The summed E-state index contributed by atoms with van der Waals surface area (Å²) < 4.78 is 20.3. The molecule has 5 atom stereocenters. The molecule has 1 saturated carbocycles. The Kier molecular flexibility index (Phi) is 2.82. The first kappa shape index (κ1) is 13.1.